The van der Waals surface area contributed by atoms with Crippen LogP contribution >= 0.6 is 0 Å². The third kappa shape index (κ3) is 3.78. The highest BCUT2D eigenvalue weighted by Gasteiger charge is 2.26. The quantitative estimate of drug-likeness (QED) is 0.854. The molecule has 1 amide bonds. The maximum Gasteiger partial charge on any atom is 0.303 e. The van der Waals surface area contributed by atoms with E-state index in [0.29, 0.717) is 19.3 Å². The van der Waals surface area contributed by atoms with Gasteiger partial charge in [-0.1, -0.05) is 18.2 Å². The second kappa shape index (κ2) is 7.51. The van der Waals surface area contributed by atoms with Crippen molar-refractivity contribution in [1.82, 2.24) is 9.88 Å². The van der Waals surface area contributed by atoms with Crippen LogP contribution in [-0.2, 0) is 16.0 Å². The fourth-order valence-corrected chi connectivity index (χ4v) is 3.64. The molecule has 24 heavy (non-hydrogen) atoms. The van der Waals surface area contributed by atoms with Crippen molar-refractivity contribution in [3.8, 4) is 0 Å². The van der Waals surface area contributed by atoms with Gasteiger partial charge in [-0.25, -0.2) is 0 Å². The Hall–Kier alpha value is -2.30. The molecule has 128 valence electrons. The van der Waals surface area contributed by atoms with Crippen molar-refractivity contribution in [3.05, 3.63) is 36.0 Å². The fraction of sp³-hybridized carbons (Fsp3) is 0.474. The van der Waals surface area contributed by atoms with E-state index in [1.807, 2.05) is 29.3 Å². The fourth-order valence-electron chi connectivity index (χ4n) is 3.64. The number of carboxylic acid groups (broad SMARTS) is 1. The molecule has 0 bridgehead atoms. The van der Waals surface area contributed by atoms with Crippen molar-refractivity contribution < 1.29 is 14.7 Å². The monoisotopic (exact) mass is 328 g/mol. The molecular weight excluding hydrogens is 304 g/mol. The van der Waals surface area contributed by atoms with Gasteiger partial charge in [-0.3, -0.25) is 9.59 Å². The molecule has 1 aromatic heterocycles. The van der Waals surface area contributed by atoms with E-state index in [-0.39, 0.29) is 18.4 Å². The molecule has 0 aliphatic carbocycles. The second-order valence-corrected chi connectivity index (χ2v) is 6.53. The van der Waals surface area contributed by atoms with Crippen molar-refractivity contribution >= 4 is 22.8 Å². The number of carboxylic acids is 1. The summed E-state index contributed by atoms with van der Waals surface area (Å²) in [5.41, 5.74) is 2.26. The number of hydrogen-bond donors (Lipinski definition) is 2. The SMILES string of the molecule is O=C(O)CCC1CCCCN1C(=O)CCc1c[nH]c2ccccc12. The molecular formula is C19H24N2O3. The lowest BCUT2D eigenvalue weighted by atomic mass is 9.97. The van der Waals surface area contributed by atoms with Gasteiger partial charge in [0.25, 0.3) is 0 Å². The van der Waals surface area contributed by atoms with Gasteiger partial charge in [-0.05, 0) is 43.7 Å². The molecule has 1 saturated heterocycles. The Balaban J connectivity index is 1.61. The predicted octanol–water partition coefficient (Wildman–Crippen LogP) is 3.35. The minimum atomic E-state index is -0.785. The largest absolute Gasteiger partial charge is 0.481 e. The van der Waals surface area contributed by atoms with Crippen LogP contribution in [0.1, 0.15) is 44.1 Å². The van der Waals surface area contributed by atoms with E-state index < -0.39 is 5.97 Å². The molecule has 0 saturated carbocycles. The smallest absolute Gasteiger partial charge is 0.303 e. The maximum absolute atomic E-state index is 12.7. The lowest BCUT2D eigenvalue weighted by Gasteiger charge is -2.35. The van der Waals surface area contributed by atoms with Gasteiger partial charge in [-0.2, -0.15) is 0 Å². The van der Waals surface area contributed by atoms with E-state index in [2.05, 4.69) is 11.1 Å². The Morgan fingerprint density at radius 2 is 2.04 bits per heavy atom. The van der Waals surface area contributed by atoms with E-state index in [1.54, 1.807) is 0 Å². The molecule has 0 radical (unpaired) electrons. The first-order valence-corrected chi connectivity index (χ1v) is 8.71. The van der Waals surface area contributed by atoms with Gasteiger partial charge in [0.2, 0.25) is 5.91 Å². The number of para-hydroxylation sites is 1. The Morgan fingerprint density at radius 1 is 1.21 bits per heavy atom. The summed E-state index contributed by atoms with van der Waals surface area (Å²) in [6.45, 7) is 0.761. The van der Waals surface area contributed by atoms with Gasteiger partial charge < -0.3 is 15.0 Å². The number of nitrogens with zero attached hydrogens (tertiary/aromatic N) is 1. The van der Waals surface area contributed by atoms with Gasteiger partial charge >= 0.3 is 5.97 Å². The summed E-state index contributed by atoms with van der Waals surface area (Å²) >= 11 is 0. The molecule has 2 heterocycles. The zero-order chi connectivity index (χ0) is 16.9. The number of fused-ring (bicyclic) bond motifs is 1. The van der Waals surface area contributed by atoms with Crippen molar-refractivity contribution in [2.24, 2.45) is 0 Å². The Bertz CT molecular complexity index is 722. The average molecular weight is 328 g/mol. The van der Waals surface area contributed by atoms with Crippen LogP contribution in [0.15, 0.2) is 30.5 Å². The highest BCUT2D eigenvalue weighted by molar-refractivity contribution is 5.84. The lowest BCUT2D eigenvalue weighted by molar-refractivity contribution is -0.140. The van der Waals surface area contributed by atoms with Gasteiger partial charge in [0.15, 0.2) is 0 Å². The standard InChI is InChI=1S/C19H24N2O3/c22-18(21-12-4-3-5-15(21)9-11-19(23)24)10-8-14-13-20-17-7-2-1-6-16(14)17/h1-2,6-7,13,15,20H,3-5,8-12H2,(H,23,24). The Kier molecular flexibility index (Phi) is 5.18. The molecule has 2 aromatic rings. The van der Waals surface area contributed by atoms with E-state index in [0.717, 1.165) is 36.9 Å². The van der Waals surface area contributed by atoms with E-state index in [4.69, 9.17) is 5.11 Å². The third-order valence-corrected chi connectivity index (χ3v) is 4.92. The molecule has 1 atom stereocenters. The summed E-state index contributed by atoms with van der Waals surface area (Å²) in [4.78, 5) is 28.6. The number of carbonyl (C=O) groups excluding carboxylic acids is 1. The highest BCUT2D eigenvalue weighted by Crippen LogP contribution is 2.23. The molecule has 1 aliphatic heterocycles. The Labute approximate surface area is 141 Å². The molecule has 1 aromatic carbocycles. The average Bonchev–Trinajstić information content (AvgIpc) is 3.01. The van der Waals surface area contributed by atoms with E-state index >= 15 is 0 Å². The number of nitrogens with one attached hydrogen (secondary N) is 1. The number of carbonyl (C=O) groups is 2. The number of amides is 1. The number of aromatic nitrogens is 1. The molecule has 1 unspecified atom stereocenters. The van der Waals surface area contributed by atoms with Crippen LogP contribution in [0, 0.1) is 0 Å². The molecule has 3 rings (SSSR count). The van der Waals surface area contributed by atoms with Crippen molar-refractivity contribution in [3.63, 3.8) is 0 Å². The van der Waals surface area contributed by atoms with Crippen LogP contribution in [0.25, 0.3) is 10.9 Å². The Morgan fingerprint density at radius 3 is 2.88 bits per heavy atom. The summed E-state index contributed by atoms with van der Waals surface area (Å²) in [5.74, 6) is -0.637. The number of likely N-dealkylation sites (tertiary alicyclic amines) is 1. The molecule has 5 nitrogen and oxygen atoms in total. The van der Waals surface area contributed by atoms with Crippen molar-refractivity contribution in [1.29, 1.82) is 0 Å². The number of benzene rings is 1. The first-order chi connectivity index (χ1) is 11.6. The molecule has 1 fully saturated rings. The van der Waals surface area contributed by atoms with E-state index in [1.165, 1.54) is 5.39 Å². The van der Waals surface area contributed by atoms with Gasteiger partial charge in [0.05, 0.1) is 0 Å². The number of H-pyrrole nitrogens is 1. The zero-order valence-electron chi connectivity index (χ0n) is 13.8. The molecule has 1 aliphatic rings. The first kappa shape index (κ1) is 16.6. The number of piperidine rings is 1. The van der Waals surface area contributed by atoms with Crippen molar-refractivity contribution in [2.45, 2.75) is 51.0 Å². The third-order valence-electron chi connectivity index (χ3n) is 4.92. The molecule has 0 spiro atoms. The van der Waals surface area contributed by atoms with Crippen LogP contribution < -0.4 is 0 Å². The second-order valence-electron chi connectivity index (χ2n) is 6.53. The van der Waals surface area contributed by atoms with Gasteiger partial charge in [0, 0.05) is 42.5 Å². The van der Waals surface area contributed by atoms with E-state index in [9.17, 15) is 9.59 Å². The maximum atomic E-state index is 12.7. The number of aryl methyl sites for hydroxylation is 1. The summed E-state index contributed by atoms with van der Waals surface area (Å²) in [6, 6.07) is 8.20. The van der Waals surface area contributed by atoms with Gasteiger partial charge in [0.1, 0.15) is 0 Å². The zero-order valence-corrected chi connectivity index (χ0v) is 13.8. The molecule has 5 heteroatoms. The summed E-state index contributed by atoms with van der Waals surface area (Å²) in [6.07, 6.45) is 6.89. The minimum absolute atomic E-state index is 0.0883. The number of rotatable bonds is 6. The topological polar surface area (TPSA) is 73.4 Å². The number of aliphatic carboxylic acids is 1. The van der Waals surface area contributed by atoms with Crippen LogP contribution in [0.5, 0.6) is 0 Å². The van der Waals surface area contributed by atoms with Crippen LogP contribution in [0.4, 0.5) is 0 Å². The summed E-state index contributed by atoms with van der Waals surface area (Å²) in [5, 5.41) is 10.1. The number of hydrogen-bond acceptors (Lipinski definition) is 2. The summed E-state index contributed by atoms with van der Waals surface area (Å²) in [7, 11) is 0. The number of aromatic amines is 1. The first-order valence-electron chi connectivity index (χ1n) is 8.71. The summed E-state index contributed by atoms with van der Waals surface area (Å²) < 4.78 is 0. The van der Waals surface area contributed by atoms with Gasteiger partial charge in [-0.15, -0.1) is 0 Å². The predicted molar refractivity (Wildman–Crippen MR) is 92.8 cm³/mol. The minimum Gasteiger partial charge on any atom is -0.481 e. The van der Waals surface area contributed by atoms with Crippen LogP contribution in [0.2, 0.25) is 0 Å². The lowest BCUT2D eigenvalue weighted by Crippen LogP contribution is -2.44. The molecule has 2 N–H and O–H groups in total. The van der Waals surface area contributed by atoms with Crippen LogP contribution in [0.3, 0.4) is 0 Å². The highest BCUT2D eigenvalue weighted by atomic mass is 16.4. The van der Waals surface area contributed by atoms with Crippen molar-refractivity contribution in [2.75, 3.05) is 6.54 Å². The normalized spacial score (nSPS) is 18.0. The van der Waals surface area contributed by atoms with Crippen LogP contribution in [-0.4, -0.2) is 39.5 Å².